The van der Waals surface area contributed by atoms with Gasteiger partial charge in [-0.1, -0.05) is 282 Å². The van der Waals surface area contributed by atoms with Crippen LogP contribution in [0.1, 0.15) is 361 Å². The average Bonchev–Trinajstić information content (AvgIpc) is 3.40. The van der Waals surface area contributed by atoms with Crippen LogP contribution in [0.25, 0.3) is 0 Å². The molecule has 0 aromatic heterocycles. The van der Waals surface area contributed by atoms with Crippen molar-refractivity contribution in [1.29, 1.82) is 0 Å². The lowest BCUT2D eigenvalue weighted by molar-refractivity contribution is -0.167. The number of esters is 3. The molecule has 0 rings (SSSR count). The zero-order chi connectivity index (χ0) is 53.6. The normalized spacial score (nSPS) is 12.2. The number of unbranched alkanes of at least 4 members (excludes halogenated alkanes) is 44. The lowest BCUT2D eigenvalue weighted by Gasteiger charge is -2.18. The van der Waals surface area contributed by atoms with E-state index >= 15 is 0 Å². The van der Waals surface area contributed by atoms with Crippen molar-refractivity contribution in [3.8, 4) is 0 Å². The third kappa shape index (κ3) is 60.5. The van der Waals surface area contributed by atoms with Crippen LogP contribution in [-0.2, 0) is 28.6 Å². The first-order valence-electron chi connectivity index (χ1n) is 33.0. The van der Waals surface area contributed by atoms with Crippen LogP contribution >= 0.6 is 0 Å². The van der Waals surface area contributed by atoms with Gasteiger partial charge in [-0.05, 0) is 96.3 Å². The van der Waals surface area contributed by atoms with E-state index in [1.165, 1.54) is 250 Å². The molecule has 74 heavy (non-hydrogen) atoms. The molecule has 0 spiro atoms. The monoisotopic (exact) mass is 1040 g/mol. The van der Waals surface area contributed by atoms with Gasteiger partial charge in [0, 0.05) is 19.3 Å². The van der Waals surface area contributed by atoms with Crippen molar-refractivity contribution < 1.29 is 28.6 Å². The predicted octanol–water partition coefficient (Wildman–Crippen LogP) is 22.4. The Bertz CT molecular complexity index is 1240. The molecule has 0 aliphatic rings. The second kappa shape index (κ2) is 63.2. The van der Waals surface area contributed by atoms with E-state index in [4.69, 9.17) is 14.2 Å². The van der Waals surface area contributed by atoms with Crippen LogP contribution in [0, 0.1) is 0 Å². The predicted molar refractivity (Wildman–Crippen MR) is 321 cm³/mol. The maximum Gasteiger partial charge on any atom is 0.306 e. The highest BCUT2D eigenvalue weighted by atomic mass is 16.6. The van der Waals surface area contributed by atoms with E-state index < -0.39 is 6.10 Å². The summed E-state index contributed by atoms with van der Waals surface area (Å²) in [7, 11) is 0. The van der Waals surface area contributed by atoms with Crippen molar-refractivity contribution in [2.75, 3.05) is 13.2 Å². The van der Waals surface area contributed by atoms with Gasteiger partial charge in [0.05, 0.1) is 0 Å². The zero-order valence-corrected chi connectivity index (χ0v) is 49.9. The maximum absolute atomic E-state index is 12.8. The van der Waals surface area contributed by atoms with Gasteiger partial charge in [-0.25, -0.2) is 0 Å². The van der Waals surface area contributed by atoms with Crippen LogP contribution in [0.15, 0.2) is 36.5 Å². The lowest BCUT2D eigenvalue weighted by atomic mass is 10.0. The van der Waals surface area contributed by atoms with E-state index in [-0.39, 0.29) is 31.1 Å². The fourth-order valence-electron chi connectivity index (χ4n) is 9.84. The van der Waals surface area contributed by atoms with E-state index in [1.54, 1.807) is 0 Å². The van der Waals surface area contributed by atoms with E-state index in [1.807, 2.05) is 0 Å². The summed E-state index contributed by atoms with van der Waals surface area (Å²) in [5.74, 6) is -0.873. The molecule has 434 valence electrons. The van der Waals surface area contributed by atoms with Gasteiger partial charge < -0.3 is 14.2 Å². The molecule has 0 amide bonds. The molecule has 0 aliphatic heterocycles. The van der Waals surface area contributed by atoms with Crippen LogP contribution in [0.5, 0.6) is 0 Å². The Labute approximate surface area is 461 Å². The summed E-state index contributed by atoms with van der Waals surface area (Å²) < 4.78 is 16.9. The largest absolute Gasteiger partial charge is 0.462 e. The molecule has 1 unspecified atom stereocenters. The molecular formula is C68H126O6. The van der Waals surface area contributed by atoms with Gasteiger partial charge in [-0.3, -0.25) is 14.4 Å². The smallest absolute Gasteiger partial charge is 0.306 e. The number of allylic oxidation sites excluding steroid dienone is 6. The van der Waals surface area contributed by atoms with Crippen molar-refractivity contribution in [2.24, 2.45) is 0 Å². The fourth-order valence-corrected chi connectivity index (χ4v) is 9.84. The highest BCUT2D eigenvalue weighted by Gasteiger charge is 2.19. The van der Waals surface area contributed by atoms with E-state index in [2.05, 4.69) is 57.2 Å². The summed E-state index contributed by atoms with van der Waals surface area (Å²) in [6.45, 7) is 6.63. The Balaban J connectivity index is 4.07. The van der Waals surface area contributed by atoms with Crippen molar-refractivity contribution in [3.05, 3.63) is 36.5 Å². The summed E-state index contributed by atoms with van der Waals surface area (Å²) in [5.41, 5.74) is 0. The van der Waals surface area contributed by atoms with Gasteiger partial charge in [0.1, 0.15) is 13.2 Å². The van der Waals surface area contributed by atoms with Crippen molar-refractivity contribution in [3.63, 3.8) is 0 Å². The van der Waals surface area contributed by atoms with Crippen LogP contribution in [0.3, 0.4) is 0 Å². The maximum atomic E-state index is 12.8. The van der Waals surface area contributed by atoms with Gasteiger partial charge in [-0.2, -0.15) is 0 Å². The highest BCUT2D eigenvalue weighted by Crippen LogP contribution is 2.17. The number of hydrogen-bond donors (Lipinski definition) is 0. The first kappa shape index (κ1) is 71.6. The fraction of sp³-hybridized carbons (Fsp3) is 0.868. The minimum atomic E-state index is -0.777. The Morgan fingerprint density at radius 1 is 0.257 bits per heavy atom. The summed E-state index contributed by atoms with van der Waals surface area (Å²) in [6.07, 6.45) is 77.5. The van der Waals surface area contributed by atoms with Gasteiger partial charge in [-0.15, -0.1) is 0 Å². The van der Waals surface area contributed by atoms with Crippen molar-refractivity contribution in [1.82, 2.24) is 0 Å². The molecule has 0 radical (unpaired) electrons. The minimum Gasteiger partial charge on any atom is -0.462 e. The molecule has 0 saturated carbocycles. The third-order valence-corrected chi connectivity index (χ3v) is 14.8. The second-order valence-electron chi connectivity index (χ2n) is 22.4. The molecule has 0 aromatic carbocycles. The molecule has 0 fully saturated rings. The Kier molecular flexibility index (Phi) is 61.1. The minimum absolute atomic E-state index is 0.0743. The molecule has 0 bridgehead atoms. The summed E-state index contributed by atoms with van der Waals surface area (Å²) >= 11 is 0. The average molecular weight is 1040 g/mol. The van der Waals surface area contributed by atoms with Crippen LogP contribution in [-0.4, -0.2) is 37.2 Å². The quantitative estimate of drug-likeness (QED) is 0.0261. The highest BCUT2D eigenvalue weighted by molar-refractivity contribution is 5.71. The molecule has 0 N–H and O–H groups in total. The Hall–Kier alpha value is -2.37. The molecule has 0 aromatic rings. The van der Waals surface area contributed by atoms with E-state index in [0.717, 1.165) is 70.6 Å². The molecule has 6 nitrogen and oxygen atoms in total. The number of ether oxygens (including phenoxy) is 3. The van der Waals surface area contributed by atoms with Gasteiger partial charge in [0.2, 0.25) is 0 Å². The van der Waals surface area contributed by atoms with Crippen molar-refractivity contribution in [2.45, 2.75) is 367 Å². The summed E-state index contributed by atoms with van der Waals surface area (Å²) in [5, 5.41) is 0. The topological polar surface area (TPSA) is 78.9 Å². The number of rotatable bonds is 61. The molecule has 1 atom stereocenters. The van der Waals surface area contributed by atoms with Crippen LogP contribution < -0.4 is 0 Å². The standard InChI is InChI=1S/C68H126O6/c1-4-7-10-13-16-19-22-25-26-27-28-29-30-31-32-33-34-35-36-37-38-39-40-41-42-44-46-49-52-55-58-61-67(70)73-64-65(63-72-66(69)60-57-54-51-48-45-24-21-18-15-12-9-6-3)74-68(71)62-59-56-53-50-47-43-23-20-17-14-11-8-5-2/h18,20-21,23,27-28,65H,4-17,19,22,24-26,29-64H2,1-3H3/b21-18-,23-20-,28-27-. The molecular weight excluding hydrogens is 913 g/mol. The van der Waals surface area contributed by atoms with Crippen LogP contribution in [0.4, 0.5) is 0 Å². The SMILES string of the molecule is CCCCC/C=C\CCCCCCCC(=O)OCC(COC(=O)CCCCCCCCCCCCCCCCCCCCC/C=C\CCCCCCCCCC)OC(=O)CCCCCCC/C=C\CCCCCC. The van der Waals surface area contributed by atoms with Gasteiger partial charge in [0.15, 0.2) is 6.10 Å². The van der Waals surface area contributed by atoms with E-state index in [0.29, 0.717) is 19.3 Å². The van der Waals surface area contributed by atoms with Gasteiger partial charge >= 0.3 is 17.9 Å². The molecule has 0 aliphatic carbocycles. The summed E-state index contributed by atoms with van der Waals surface area (Å²) in [4.78, 5) is 38.2. The Morgan fingerprint density at radius 3 is 0.716 bits per heavy atom. The van der Waals surface area contributed by atoms with Crippen molar-refractivity contribution >= 4 is 17.9 Å². The second-order valence-corrected chi connectivity index (χ2v) is 22.4. The number of carbonyl (C=O) groups is 3. The molecule has 0 heterocycles. The van der Waals surface area contributed by atoms with E-state index in [9.17, 15) is 14.4 Å². The third-order valence-electron chi connectivity index (χ3n) is 14.8. The first-order chi connectivity index (χ1) is 36.5. The number of hydrogen-bond acceptors (Lipinski definition) is 6. The molecule has 0 saturated heterocycles. The summed E-state index contributed by atoms with van der Waals surface area (Å²) in [6, 6.07) is 0. The zero-order valence-electron chi connectivity index (χ0n) is 49.9. The first-order valence-corrected chi connectivity index (χ1v) is 33.0. The lowest BCUT2D eigenvalue weighted by Crippen LogP contribution is -2.30. The number of carbonyl (C=O) groups excluding carboxylic acids is 3. The van der Waals surface area contributed by atoms with Crippen LogP contribution in [0.2, 0.25) is 0 Å². The van der Waals surface area contributed by atoms with Gasteiger partial charge in [0.25, 0.3) is 0 Å². The molecule has 6 heteroatoms. The Morgan fingerprint density at radius 2 is 0.446 bits per heavy atom.